The lowest BCUT2D eigenvalue weighted by Gasteiger charge is -2.24. The molecule has 1 aliphatic rings. The molecule has 5 heteroatoms. The van der Waals surface area contributed by atoms with Gasteiger partial charge < -0.3 is 0 Å². The lowest BCUT2D eigenvalue weighted by molar-refractivity contribution is 0.256. The molecular formula is C8H17NO2S2. The van der Waals surface area contributed by atoms with E-state index in [0.29, 0.717) is 5.25 Å². The molecule has 0 aromatic heterocycles. The number of hydrogen-bond acceptors (Lipinski definition) is 5. The Kier molecular flexibility index (Phi) is 6.23. The molecule has 0 bridgehead atoms. The van der Waals surface area contributed by atoms with E-state index >= 15 is 0 Å². The third-order valence-electron chi connectivity index (χ3n) is 2.28. The SMILES string of the molecule is CNOSOSC1CCC(C)CC1. The Balaban J connectivity index is 1.96. The molecule has 0 saturated heterocycles. The van der Waals surface area contributed by atoms with Gasteiger partial charge in [-0.25, -0.2) is 7.91 Å². The second kappa shape index (κ2) is 6.95. The van der Waals surface area contributed by atoms with Crippen molar-refractivity contribution < 1.29 is 7.91 Å². The van der Waals surface area contributed by atoms with E-state index in [4.69, 9.17) is 7.91 Å². The average Bonchev–Trinajstić information content (AvgIpc) is 2.15. The molecule has 0 aromatic carbocycles. The fourth-order valence-corrected chi connectivity index (χ4v) is 2.66. The van der Waals surface area contributed by atoms with Crippen LogP contribution in [0.15, 0.2) is 0 Å². The number of hydroxylamine groups is 1. The second-order valence-corrected chi connectivity index (χ2v) is 5.11. The molecule has 0 heterocycles. The average molecular weight is 223 g/mol. The smallest absolute Gasteiger partial charge is 0.191 e. The summed E-state index contributed by atoms with van der Waals surface area (Å²) in [5, 5.41) is 0.657. The van der Waals surface area contributed by atoms with Crippen molar-refractivity contribution in [1.29, 1.82) is 0 Å². The van der Waals surface area contributed by atoms with Crippen molar-refractivity contribution in [2.45, 2.75) is 37.9 Å². The van der Waals surface area contributed by atoms with E-state index in [-0.39, 0.29) is 0 Å². The molecular weight excluding hydrogens is 206 g/mol. The van der Waals surface area contributed by atoms with Crippen LogP contribution in [0, 0.1) is 5.92 Å². The summed E-state index contributed by atoms with van der Waals surface area (Å²) in [6.45, 7) is 2.32. The lowest BCUT2D eigenvalue weighted by Crippen LogP contribution is -2.13. The van der Waals surface area contributed by atoms with Crippen molar-refractivity contribution in [3.05, 3.63) is 0 Å². The van der Waals surface area contributed by atoms with E-state index in [9.17, 15) is 0 Å². The molecule has 0 radical (unpaired) electrons. The molecule has 1 saturated carbocycles. The third kappa shape index (κ3) is 5.12. The van der Waals surface area contributed by atoms with Crippen molar-refractivity contribution in [2.24, 2.45) is 5.92 Å². The van der Waals surface area contributed by atoms with Gasteiger partial charge in [-0.2, -0.15) is 5.48 Å². The van der Waals surface area contributed by atoms with Crippen molar-refractivity contribution >= 4 is 24.4 Å². The Hall–Kier alpha value is 0.580. The van der Waals surface area contributed by atoms with Gasteiger partial charge in [0.15, 0.2) is 12.3 Å². The van der Waals surface area contributed by atoms with Gasteiger partial charge in [0, 0.05) is 24.3 Å². The Morgan fingerprint density at radius 3 is 2.54 bits per heavy atom. The molecule has 1 N–H and O–H groups in total. The van der Waals surface area contributed by atoms with Crippen LogP contribution in [0.2, 0.25) is 0 Å². The normalized spacial score (nSPS) is 29.1. The van der Waals surface area contributed by atoms with Crippen LogP contribution in [0.4, 0.5) is 0 Å². The largest absolute Gasteiger partial charge is 0.218 e. The molecule has 0 aliphatic heterocycles. The fraction of sp³-hybridized carbons (Fsp3) is 1.00. The van der Waals surface area contributed by atoms with Gasteiger partial charge in [0.2, 0.25) is 0 Å². The number of nitrogens with one attached hydrogen (secondary N) is 1. The molecule has 3 nitrogen and oxygen atoms in total. The second-order valence-electron chi connectivity index (χ2n) is 3.40. The summed E-state index contributed by atoms with van der Waals surface area (Å²) in [5.74, 6) is 0.901. The first-order chi connectivity index (χ1) is 6.33. The molecule has 1 rings (SSSR count). The zero-order chi connectivity index (χ0) is 9.52. The summed E-state index contributed by atoms with van der Waals surface area (Å²) in [5.41, 5.74) is 2.54. The molecule has 0 amide bonds. The number of rotatable bonds is 5. The topological polar surface area (TPSA) is 30.5 Å². The van der Waals surface area contributed by atoms with Crippen LogP contribution in [0.25, 0.3) is 0 Å². The van der Waals surface area contributed by atoms with Gasteiger partial charge in [-0.3, -0.25) is 0 Å². The minimum atomic E-state index is 0.657. The first kappa shape index (κ1) is 11.7. The molecule has 1 fully saturated rings. The van der Waals surface area contributed by atoms with E-state index in [1.54, 1.807) is 7.05 Å². The van der Waals surface area contributed by atoms with Crippen LogP contribution in [-0.2, 0) is 7.91 Å². The molecule has 0 spiro atoms. The Labute approximate surface area is 88.9 Å². The lowest BCUT2D eigenvalue weighted by atomic mass is 9.91. The summed E-state index contributed by atoms with van der Waals surface area (Å²) in [6, 6.07) is 0. The third-order valence-corrected chi connectivity index (χ3v) is 3.80. The van der Waals surface area contributed by atoms with Gasteiger partial charge >= 0.3 is 0 Å². The maximum absolute atomic E-state index is 5.20. The molecule has 0 unspecified atom stereocenters. The minimum Gasteiger partial charge on any atom is -0.218 e. The van der Waals surface area contributed by atoms with Gasteiger partial charge in [-0.1, -0.05) is 6.92 Å². The van der Waals surface area contributed by atoms with E-state index in [1.807, 2.05) is 0 Å². The van der Waals surface area contributed by atoms with Crippen LogP contribution in [-0.4, -0.2) is 12.3 Å². The van der Waals surface area contributed by atoms with Crippen LogP contribution in [0.5, 0.6) is 0 Å². The Morgan fingerprint density at radius 2 is 1.92 bits per heavy atom. The maximum Gasteiger partial charge on any atom is 0.191 e. The molecule has 78 valence electrons. The minimum absolute atomic E-state index is 0.657. The molecule has 1 aliphatic carbocycles. The van der Waals surface area contributed by atoms with Crippen molar-refractivity contribution in [3.8, 4) is 0 Å². The zero-order valence-corrected chi connectivity index (χ0v) is 9.75. The number of hydrogen-bond donors (Lipinski definition) is 1. The van der Waals surface area contributed by atoms with Gasteiger partial charge in [0.25, 0.3) is 0 Å². The maximum atomic E-state index is 5.20. The van der Waals surface area contributed by atoms with Crippen LogP contribution >= 0.6 is 24.4 Å². The first-order valence-corrected chi connectivity index (χ1v) is 6.12. The summed E-state index contributed by atoms with van der Waals surface area (Å²) < 4.78 is 9.97. The van der Waals surface area contributed by atoms with Crippen LogP contribution in [0.1, 0.15) is 32.6 Å². The summed E-state index contributed by atoms with van der Waals surface area (Å²) in [6.07, 6.45) is 5.20. The summed E-state index contributed by atoms with van der Waals surface area (Å²) in [7, 11) is 1.71. The highest BCUT2D eigenvalue weighted by molar-refractivity contribution is 8.06. The van der Waals surface area contributed by atoms with E-state index < -0.39 is 0 Å². The monoisotopic (exact) mass is 223 g/mol. The van der Waals surface area contributed by atoms with Crippen molar-refractivity contribution in [2.75, 3.05) is 7.05 Å². The standard InChI is InChI=1S/C8H17NO2S2/c1-7-3-5-8(6-4-7)12-11-13-10-9-2/h7-9H,3-6H2,1-2H3. The van der Waals surface area contributed by atoms with Crippen LogP contribution in [0.3, 0.4) is 0 Å². The van der Waals surface area contributed by atoms with Gasteiger partial charge in [-0.05, 0) is 31.6 Å². The first-order valence-electron chi connectivity index (χ1n) is 4.65. The van der Waals surface area contributed by atoms with Gasteiger partial charge in [0.05, 0.1) is 0 Å². The van der Waals surface area contributed by atoms with Crippen molar-refractivity contribution in [1.82, 2.24) is 5.48 Å². The molecule has 13 heavy (non-hydrogen) atoms. The fourth-order valence-electron chi connectivity index (χ4n) is 1.45. The van der Waals surface area contributed by atoms with E-state index in [1.165, 1.54) is 37.7 Å². The zero-order valence-electron chi connectivity index (χ0n) is 8.12. The quantitative estimate of drug-likeness (QED) is 0.440. The van der Waals surface area contributed by atoms with E-state index in [2.05, 4.69) is 12.4 Å². The Bertz CT molecular complexity index is 129. The molecule has 0 atom stereocenters. The van der Waals surface area contributed by atoms with Crippen molar-refractivity contribution in [3.63, 3.8) is 0 Å². The van der Waals surface area contributed by atoms with E-state index in [0.717, 1.165) is 18.2 Å². The van der Waals surface area contributed by atoms with Gasteiger partial charge in [-0.15, -0.1) is 0 Å². The summed E-state index contributed by atoms with van der Waals surface area (Å²) in [4.78, 5) is 0. The van der Waals surface area contributed by atoms with Gasteiger partial charge in [0.1, 0.15) is 0 Å². The highest BCUT2D eigenvalue weighted by Gasteiger charge is 2.19. The highest BCUT2D eigenvalue weighted by Crippen LogP contribution is 2.33. The predicted molar refractivity (Wildman–Crippen MR) is 57.8 cm³/mol. The highest BCUT2D eigenvalue weighted by atomic mass is 32.2. The summed E-state index contributed by atoms with van der Waals surface area (Å²) >= 11 is 2.54. The predicted octanol–water partition coefficient (Wildman–Crippen LogP) is 2.94. The van der Waals surface area contributed by atoms with Crippen LogP contribution < -0.4 is 5.48 Å². The molecule has 0 aromatic rings. The Morgan fingerprint density at radius 1 is 1.23 bits per heavy atom.